The van der Waals surface area contributed by atoms with Crippen molar-refractivity contribution >= 4 is 17.4 Å². The van der Waals surface area contributed by atoms with Crippen molar-refractivity contribution < 1.29 is 14.3 Å². The van der Waals surface area contributed by atoms with Gasteiger partial charge in [-0.1, -0.05) is 0 Å². The minimum absolute atomic E-state index is 0.0423. The van der Waals surface area contributed by atoms with Crippen molar-refractivity contribution in [2.75, 3.05) is 12.4 Å². The van der Waals surface area contributed by atoms with E-state index >= 15 is 0 Å². The van der Waals surface area contributed by atoms with Crippen molar-refractivity contribution in [3.05, 3.63) is 77.0 Å². The molecule has 0 unspecified atom stereocenters. The topological polar surface area (TPSA) is 82.3 Å². The zero-order chi connectivity index (χ0) is 19.4. The molecule has 1 aromatic heterocycles. The first-order chi connectivity index (χ1) is 13.0. The number of nitrogens with zero attached hydrogens (tertiary/aromatic N) is 2. The molecule has 3 aromatic rings. The van der Waals surface area contributed by atoms with Crippen LogP contribution < -0.4 is 15.7 Å². The molecule has 0 aliphatic carbocycles. The molecule has 1 heterocycles. The minimum Gasteiger partial charge on any atom is -0.497 e. The molecule has 7 nitrogen and oxygen atoms in total. The summed E-state index contributed by atoms with van der Waals surface area (Å²) in [5, 5.41) is 2.71. The van der Waals surface area contributed by atoms with Crippen molar-refractivity contribution in [3.8, 4) is 11.4 Å². The number of hydrogen-bond acceptors (Lipinski definition) is 4. The van der Waals surface area contributed by atoms with Crippen LogP contribution in [0.4, 0.5) is 5.69 Å². The summed E-state index contributed by atoms with van der Waals surface area (Å²) in [7, 11) is 1.57. The Morgan fingerprint density at radius 3 is 2.26 bits per heavy atom. The number of carbonyl (C=O) groups excluding carboxylic acids is 2. The van der Waals surface area contributed by atoms with E-state index in [0.717, 1.165) is 0 Å². The van der Waals surface area contributed by atoms with Crippen LogP contribution in [0.15, 0.2) is 65.7 Å². The largest absolute Gasteiger partial charge is 0.497 e. The highest BCUT2D eigenvalue weighted by Gasteiger charge is 2.10. The molecule has 0 fully saturated rings. The Hall–Kier alpha value is -3.61. The molecule has 27 heavy (non-hydrogen) atoms. The van der Waals surface area contributed by atoms with Gasteiger partial charge in [-0.3, -0.25) is 18.7 Å². The highest BCUT2D eigenvalue weighted by atomic mass is 16.5. The Kier molecular flexibility index (Phi) is 5.21. The summed E-state index contributed by atoms with van der Waals surface area (Å²) in [6, 6.07) is 13.6. The van der Waals surface area contributed by atoms with Crippen molar-refractivity contribution in [2.24, 2.45) is 0 Å². The van der Waals surface area contributed by atoms with Gasteiger partial charge in [0, 0.05) is 23.6 Å². The summed E-state index contributed by atoms with van der Waals surface area (Å²) < 4.78 is 7.88. The van der Waals surface area contributed by atoms with Crippen molar-refractivity contribution in [1.82, 2.24) is 9.13 Å². The Bertz CT molecular complexity index is 1010. The number of nitrogens with one attached hydrogen (secondary N) is 1. The lowest BCUT2D eigenvalue weighted by atomic mass is 10.1. The normalized spacial score (nSPS) is 10.4. The van der Waals surface area contributed by atoms with Crippen LogP contribution in [-0.4, -0.2) is 27.9 Å². The highest BCUT2D eigenvalue weighted by Crippen LogP contribution is 2.14. The number of anilines is 1. The second-order valence-corrected chi connectivity index (χ2v) is 5.96. The van der Waals surface area contributed by atoms with Crippen molar-refractivity contribution in [3.63, 3.8) is 0 Å². The minimum atomic E-state index is -0.333. The number of rotatable bonds is 6. The van der Waals surface area contributed by atoms with Crippen LogP contribution >= 0.6 is 0 Å². The smallest absolute Gasteiger partial charge is 0.333 e. The lowest BCUT2D eigenvalue weighted by molar-refractivity contribution is -0.116. The molecular formula is C20H19N3O4. The van der Waals surface area contributed by atoms with Gasteiger partial charge in [-0.2, -0.15) is 0 Å². The van der Waals surface area contributed by atoms with Gasteiger partial charge in [-0.15, -0.1) is 0 Å². The molecule has 7 heteroatoms. The molecular weight excluding hydrogens is 346 g/mol. The molecule has 0 radical (unpaired) electrons. The van der Waals surface area contributed by atoms with Crippen LogP contribution in [0.3, 0.4) is 0 Å². The molecule has 3 rings (SSSR count). The third kappa shape index (κ3) is 4.14. The second kappa shape index (κ2) is 7.74. The molecule has 0 saturated heterocycles. The van der Waals surface area contributed by atoms with Gasteiger partial charge < -0.3 is 10.1 Å². The summed E-state index contributed by atoms with van der Waals surface area (Å²) in [6.07, 6.45) is 3.17. The molecule has 138 valence electrons. The number of Topliss-reactive ketones (excluding diaryl/α,β-unsaturated/α-hetero) is 1. The lowest BCUT2D eigenvalue weighted by Crippen LogP contribution is -2.28. The van der Waals surface area contributed by atoms with E-state index in [9.17, 15) is 14.4 Å². The Labute approximate surface area is 155 Å². The van der Waals surface area contributed by atoms with E-state index < -0.39 is 0 Å². The Morgan fingerprint density at radius 1 is 1.00 bits per heavy atom. The zero-order valence-corrected chi connectivity index (χ0v) is 15.0. The van der Waals surface area contributed by atoms with Gasteiger partial charge in [0.05, 0.1) is 12.8 Å². The molecule has 0 spiro atoms. The van der Waals surface area contributed by atoms with E-state index in [1.165, 1.54) is 16.1 Å². The number of methoxy groups -OCH3 is 1. The molecule has 0 aliphatic rings. The van der Waals surface area contributed by atoms with Gasteiger partial charge in [0.25, 0.3) is 0 Å². The third-order valence-electron chi connectivity index (χ3n) is 4.09. The van der Waals surface area contributed by atoms with Crippen molar-refractivity contribution in [2.45, 2.75) is 13.5 Å². The van der Waals surface area contributed by atoms with Gasteiger partial charge >= 0.3 is 5.69 Å². The van der Waals surface area contributed by atoms with Crippen LogP contribution in [0.5, 0.6) is 5.75 Å². The van der Waals surface area contributed by atoms with E-state index in [1.807, 2.05) is 0 Å². The van der Waals surface area contributed by atoms with Gasteiger partial charge in [0.1, 0.15) is 12.3 Å². The number of aromatic nitrogens is 2. The number of carbonyl (C=O) groups is 2. The Balaban J connectivity index is 1.70. The monoisotopic (exact) mass is 365 g/mol. The van der Waals surface area contributed by atoms with E-state index in [2.05, 4.69) is 5.32 Å². The maximum atomic E-state index is 12.5. The number of hydrogen-bond donors (Lipinski definition) is 1. The second-order valence-electron chi connectivity index (χ2n) is 5.96. The predicted octanol–water partition coefficient (Wildman–Crippen LogP) is 2.49. The van der Waals surface area contributed by atoms with Gasteiger partial charge in [0.2, 0.25) is 5.91 Å². The standard InChI is InChI=1S/C20H19N3O4/c1-14(24)15-3-5-16(6-4-15)21-19(25)13-22-11-12-23(20(22)26)17-7-9-18(27-2)10-8-17/h3-12H,13H2,1-2H3,(H,21,25). The lowest BCUT2D eigenvalue weighted by Gasteiger charge is -2.06. The maximum absolute atomic E-state index is 12.5. The fraction of sp³-hybridized carbons (Fsp3) is 0.150. The molecule has 0 aliphatic heterocycles. The van der Waals surface area contributed by atoms with Crippen molar-refractivity contribution in [1.29, 1.82) is 0 Å². The highest BCUT2D eigenvalue weighted by molar-refractivity contribution is 5.95. The first-order valence-electron chi connectivity index (χ1n) is 8.31. The summed E-state index contributed by atoms with van der Waals surface area (Å²) in [5.41, 5.74) is 1.50. The third-order valence-corrected chi connectivity index (χ3v) is 4.09. The average molecular weight is 365 g/mol. The van der Waals surface area contributed by atoms with Gasteiger partial charge in [-0.05, 0) is 55.5 Å². The molecule has 1 N–H and O–H groups in total. The summed E-state index contributed by atoms with van der Waals surface area (Å²) in [6.45, 7) is 1.37. The van der Waals surface area contributed by atoms with E-state index in [1.54, 1.807) is 68.0 Å². The number of ketones is 1. The number of benzene rings is 2. The van der Waals surface area contributed by atoms with Gasteiger partial charge in [-0.25, -0.2) is 4.79 Å². The molecule has 1 amide bonds. The molecule has 0 atom stereocenters. The van der Waals surface area contributed by atoms with Crippen LogP contribution in [-0.2, 0) is 11.3 Å². The first-order valence-corrected chi connectivity index (χ1v) is 8.31. The van der Waals surface area contributed by atoms with Crippen LogP contribution in [0, 0.1) is 0 Å². The van der Waals surface area contributed by atoms with E-state index in [-0.39, 0.29) is 23.9 Å². The molecule has 0 saturated carbocycles. The quantitative estimate of drug-likeness (QED) is 0.681. The van der Waals surface area contributed by atoms with Crippen LogP contribution in [0.1, 0.15) is 17.3 Å². The van der Waals surface area contributed by atoms with Crippen LogP contribution in [0.25, 0.3) is 5.69 Å². The molecule has 2 aromatic carbocycles. The predicted molar refractivity (Wildman–Crippen MR) is 102 cm³/mol. The fourth-order valence-corrected chi connectivity index (χ4v) is 2.62. The molecule has 0 bridgehead atoms. The summed E-state index contributed by atoms with van der Waals surface area (Å²) >= 11 is 0. The van der Waals surface area contributed by atoms with E-state index in [4.69, 9.17) is 4.74 Å². The SMILES string of the molecule is COc1ccc(-n2ccn(CC(=O)Nc3ccc(C(C)=O)cc3)c2=O)cc1. The maximum Gasteiger partial charge on any atom is 0.333 e. The summed E-state index contributed by atoms with van der Waals surface area (Å²) in [5.74, 6) is 0.320. The van der Waals surface area contributed by atoms with Gasteiger partial charge in [0.15, 0.2) is 5.78 Å². The average Bonchev–Trinajstić information content (AvgIpc) is 3.02. The summed E-state index contributed by atoms with van der Waals surface area (Å²) in [4.78, 5) is 36.0. The number of imidazole rings is 1. The number of ether oxygens (including phenoxy) is 1. The van der Waals surface area contributed by atoms with Crippen LogP contribution in [0.2, 0.25) is 0 Å². The number of amides is 1. The van der Waals surface area contributed by atoms with E-state index in [0.29, 0.717) is 22.7 Å². The Morgan fingerprint density at radius 2 is 1.67 bits per heavy atom. The fourth-order valence-electron chi connectivity index (χ4n) is 2.62. The zero-order valence-electron chi connectivity index (χ0n) is 15.0. The first kappa shape index (κ1) is 18.2.